The lowest BCUT2D eigenvalue weighted by Gasteiger charge is -2.36. The highest BCUT2D eigenvalue weighted by Crippen LogP contribution is 2.26. The number of amides is 1. The molecule has 4 rings (SSSR count). The van der Waals surface area contributed by atoms with Gasteiger partial charge in [-0.05, 0) is 61.5 Å². The Morgan fingerprint density at radius 2 is 1.90 bits per heavy atom. The number of rotatable bonds is 7. The van der Waals surface area contributed by atoms with E-state index in [0.717, 1.165) is 54.8 Å². The number of benzene rings is 2. The van der Waals surface area contributed by atoms with Crippen molar-refractivity contribution in [3.63, 3.8) is 0 Å². The van der Waals surface area contributed by atoms with Crippen molar-refractivity contribution in [2.45, 2.75) is 24.5 Å². The predicted molar refractivity (Wildman–Crippen MR) is 132 cm³/mol. The molecule has 0 atom stereocenters. The Kier molecular flexibility index (Phi) is 7.27. The smallest absolute Gasteiger partial charge is 0.255 e. The minimum atomic E-state index is -0.0836. The van der Waals surface area contributed by atoms with Gasteiger partial charge in [0.25, 0.3) is 5.91 Å². The summed E-state index contributed by atoms with van der Waals surface area (Å²) in [5.74, 6) is 0.758. The molecule has 2 aromatic carbocycles. The Balaban J connectivity index is 1.34. The number of carbonyl (C=O) groups excluding carboxylic acids is 1. The van der Waals surface area contributed by atoms with Crippen LogP contribution in [0.2, 0.25) is 0 Å². The molecular formula is C24H28N4OS2. The second-order valence-corrected chi connectivity index (χ2v) is 9.44. The van der Waals surface area contributed by atoms with Gasteiger partial charge in [0.2, 0.25) is 0 Å². The Bertz CT molecular complexity index is 997. The SMILES string of the molecule is CCN1CCN(c2ccc(NC(=O)c3ccc(SCc4cscn4)cc3)cc2C)CC1. The van der Waals surface area contributed by atoms with E-state index in [9.17, 15) is 4.79 Å². The molecule has 1 fully saturated rings. The molecule has 0 saturated carbocycles. The number of thioether (sulfide) groups is 1. The lowest BCUT2D eigenvalue weighted by molar-refractivity contribution is 0.102. The molecule has 1 amide bonds. The summed E-state index contributed by atoms with van der Waals surface area (Å²) >= 11 is 3.34. The molecule has 7 heteroatoms. The maximum atomic E-state index is 12.7. The lowest BCUT2D eigenvalue weighted by Crippen LogP contribution is -2.46. The molecule has 0 unspecified atom stereocenters. The number of hydrogen-bond donors (Lipinski definition) is 1. The Morgan fingerprint density at radius 1 is 1.13 bits per heavy atom. The maximum Gasteiger partial charge on any atom is 0.255 e. The third kappa shape index (κ3) is 5.67. The van der Waals surface area contributed by atoms with E-state index in [1.807, 2.05) is 35.8 Å². The van der Waals surface area contributed by atoms with Gasteiger partial charge in [0, 0.05) is 59.1 Å². The van der Waals surface area contributed by atoms with E-state index in [1.165, 1.54) is 11.3 Å². The molecule has 31 heavy (non-hydrogen) atoms. The summed E-state index contributed by atoms with van der Waals surface area (Å²) in [5.41, 5.74) is 6.88. The molecule has 0 spiro atoms. The highest BCUT2D eigenvalue weighted by molar-refractivity contribution is 7.98. The highest BCUT2D eigenvalue weighted by Gasteiger charge is 2.17. The Labute approximate surface area is 192 Å². The molecule has 3 aromatic rings. The van der Waals surface area contributed by atoms with Crippen molar-refractivity contribution in [2.75, 3.05) is 42.9 Å². The topological polar surface area (TPSA) is 48.5 Å². The van der Waals surface area contributed by atoms with Crippen LogP contribution in [0.1, 0.15) is 28.5 Å². The average molecular weight is 453 g/mol. The summed E-state index contributed by atoms with van der Waals surface area (Å²) < 4.78 is 0. The number of anilines is 2. The molecule has 1 saturated heterocycles. The van der Waals surface area contributed by atoms with Gasteiger partial charge in [-0.1, -0.05) is 6.92 Å². The fourth-order valence-electron chi connectivity index (χ4n) is 3.76. The van der Waals surface area contributed by atoms with Crippen LogP contribution in [-0.4, -0.2) is 48.5 Å². The number of carbonyl (C=O) groups is 1. The van der Waals surface area contributed by atoms with Crippen LogP contribution < -0.4 is 10.2 Å². The number of aryl methyl sites for hydroxylation is 1. The molecule has 0 bridgehead atoms. The van der Waals surface area contributed by atoms with Crippen molar-refractivity contribution < 1.29 is 4.79 Å². The van der Waals surface area contributed by atoms with Gasteiger partial charge < -0.3 is 15.1 Å². The van der Waals surface area contributed by atoms with Crippen LogP contribution in [0.15, 0.2) is 58.3 Å². The zero-order valence-electron chi connectivity index (χ0n) is 18.0. The fourth-order valence-corrected chi connectivity index (χ4v) is 5.23. The standard InChI is InChI=1S/C24H28N4OS2/c1-3-27-10-12-28(13-11-27)23-9-6-20(14-18(23)2)26-24(29)19-4-7-22(8-5-19)31-16-21-15-30-17-25-21/h4-9,14-15,17H,3,10-13,16H2,1-2H3,(H,26,29). The van der Waals surface area contributed by atoms with Crippen LogP contribution in [-0.2, 0) is 5.75 Å². The van der Waals surface area contributed by atoms with E-state index >= 15 is 0 Å². The number of likely N-dealkylation sites (N-methyl/N-ethyl adjacent to an activating group) is 1. The molecule has 162 valence electrons. The van der Waals surface area contributed by atoms with Crippen molar-refractivity contribution in [2.24, 2.45) is 0 Å². The van der Waals surface area contributed by atoms with Gasteiger partial charge in [-0.15, -0.1) is 23.1 Å². The van der Waals surface area contributed by atoms with E-state index in [0.29, 0.717) is 5.56 Å². The first-order valence-electron chi connectivity index (χ1n) is 10.6. The van der Waals surface area contributed by atoms with Crippen molar-refractivity contribution >= 4 is 40.4 Å². The normalized spacial score (nSPS) is 14.6. The van der Waals surface area contributed by atoms with Gasteiger partial charge in [0.15, 0.2) is 0 Å². The molecule has 1 aliphatic rings. The highest BCUT2D eigenvalue weighted by atomic mass is 32.2. The van der Waals surface area contributed by atoms with Crippen LogP contribution in [0.3, 0.4) is 0 Å². The minimum absolute atomic E-state index is 0.0836. The van der Waals surface area contributed by atoms with Crippen molar-refractivity contribution in [3.05, 3.63) is 70.2 Å². The molecule has 1 aromatic heterocycles. The molecule has 1 N–H and O–H groups in total. The second kappa shape index (κ2) is 10.3. The first kappa shape index (κ1) is 21.9. The van der Waals surface area contributed by atoms with Crippen LogP contribution >= 0.6 is 23.1 Å². The number of nitrogens with zero attached hydrogens (tertiary/aromatic N) is 3. The van der Waals surface area contributed by atoms with Crippen molar-refractivity contribution in [1.29, 1.82) is 0 Å². The molecule has 5 nitrogen and oxygen atoms in total. The van der Waals surface area contributed by atoms with Crippen molar-refractivity contribution in [3.8, 4) is 0 Å². The zero-order chi connectivity index (χ0) is 21.6. The first-order chi connectivity index (χ1) is 15.1. The van der Waals surface area contributed by atoms with Gasteiger partial charge in [-0.3, -0.25) is 4.79 Å². The zero-order valence-corrected chi connectivity index (χ0v) is 19.6. The summed E-state index contributed by atoms with van der Waals surface area (Å²) in [6, 6.07) is 14.0. The quantitative estimate of drug-likeness (QED) is 0.503. The van der Waals surface area contributed by atoms with Gasteiger partial charge in [0.1, 0.15) is 0 Å². The first-order valence-corrected chi connectivity index (χ1v) is 12.5. The molecule has 0 radical (unpaired) electrons. The van der Waals surface area contributed by atoms with Crippen LogP contribution in [0.4, 0.5) is 11.4 Å². The van der Waals surface area contributed by atoms with Crippen LogP contribution in [0, 0.1) is 6.92 Å². The van der Waals surface area contributed by atoms with Gasteiger partial charge in [-0.25, -0.2) is 4.98 Å². The van der Waals surface area contributed by atoms with Gasteiger partial charge in [-0.2, -0.15) is 0 Å². The number of piperazine rings is 1. The average Bonchev–Trinajstić information content (AvgIpc) is 3.32. The number of aromatic nitrogens is 1. The summed E-state index contributed by atoms with van der Waals surface area (Å²) in [7, 11) is 0. The van der Waals surface area contributed by atoms with E-state index in [4.69, 9.17) is 0 Å². The number of hydrogen-bond acceptors (Lipinski definition) is 6. The van der Waals surface area contributed by atoms with Crippen molar-refractivity contribution in [1.82, 2.24) is 9.88 Å². The Morgan fingerprint density at radius 3 is 2.55 bits per heavy atom. The van der Waals surface area contributed by atoms with Gasteiger partial charge in [0.05, 0.1) is 11.2 Å². The fraction of sp³-hybridized carbons (Fsp3) is 0.333. The molecular weight excluding hydrogens is 424 g/mol. The largest absolute Gasteiger partial charge is 0.369 e. The lowest BCUT2D eigenvalue weighted by atomic mass is 10.1. The number of nitrogens with one attached hydrogen (secondary N) is 1. The number of thiazole rings is 1. The molecule has 2 heterocycles. The predicted octanol–water partition coefficient (Wildman–Crippen LogP) is 5.14. The van der Waals surface area contributed by atoms with Gasteiger partial charge >= 0.3 is 0 Å². The monoisotopic (exact) mass is 452 g/mol. The molecule has 1 aliphatic heterocycles. The van der Waals surface area contributed by atoms with E-state index in [-0.39, 0.29) is 5.91 Å². The third-order valence-electron chi connectivity index (χ3n) is 5.60. The van der Waals surface area contributed by atoms with Crippen LogP contribution in [0.25, 0.3) is 0 Å². The minimum Gasteiger partial charge on any atom is -0.369 e. The van der Waals surface area contributed by atoms with E-state index in [1.54, 1.807) is 23.1 Å². The summed E-state index contributed by atoms with van der Waals surface area (Å²) in [6.45, 7) is 9.75. The summed E-state index contributed by atoms with van der Waals surface area (Å²) in [6.07, 6.45) is 0. The summed E-state index contributed by atoms with van der Waals surface area (Å²) in [4.78, 5) is 23.0. The van der Waals surface area contributed by atoms with Crippen LogP contribution in [0.5, 0.6) is 0 Å². The van der Waals surface area contributed by atoms with E-state index in [2.05, 4.69) is 51.5 Å². The van der Waals surface area contributed by atoms with E-state index < -0.39 is 0 Å². The Hall–Kier alpha value is -2.35. The second-order valence-electron chi connectivity index (χ2n) is 7.67. The third-order valence-corrected chi connectivity index (χ3v) is 7.28. The maximum absolute atomic E-state index is 12.7. The summed E-state index contributed by atoms with van der Waals surface area (Å²) in [5, 5.41) is 5.10. The molecule has 0 aliphatic carbocycles.